The van der Waals surface area contributed by atoms with E-state index in [1.165, 1.54) is 5.69 Å². The van der Waals surface area contributed by atoms with Gasteiger partial charge in [0.1, 0.15) is 0 Å². The lowest BCUT2D eigenvalue weighted by atomic mass is 10.1. The zero-order valence-corrected chi connectivity index (χ0v) is 13.0. The SMILES string of the molecule is Cn1cccc1CN1CCc2nc(-c3ccco3)[nH]c(=O)c2C1. The van der Waals surface area contributed by atoms with Crippen molar-refractivity contribution >= 4 is 0 Å². The highest BCUT2D eigenvalue weighted by atomic mass is 16.3. The molecule has 0 unspecified atom stereocenters. The molecule has 0 saturated carbocycles. The molecular weight excluding hydrogens is 292 g/mol. The molecule has 4 heterocycles. The highest BCUT2D eigenvalue weighted by molar-refractivity contribution is 5.46. The largest absolute Gasteiger partial charge is 0.461 e. The van der Waals surface area contributed by atoms with E-state index >= 15 is 0 Å². The van der Waals surface area contributed by atoms with E-state index in [9.17, 15) is 4.79 Å². The number of H-pyrrole nitrogens is 1. The third-order valence-electron chi connectivity index (χ3n) is 4.34. The molecular formula is C17H18N4O2. The lowest BCUT2D eigenvalue weighted by Crippen LogP contribution is -2.35. The predicted octanol–water partition coefficient (Wildman–Crippen LogP) is 1.93. The summed E-state index contributed by atoms with van der Waals surface area (Å²) in [5, 5.41) is 0. The molecule has 1 aliphatic rings. The van der Waals surface area contributed by atoms with Crippen LogP contribution < -0.4 is 5.56 Å². The van der Waals surface area contributed by atoms with Crippen molar-refractivity contribution in [2.75, 3.05) is 6.54 Å². The summed E-state index contributed by atoms with van der Waals surface area (Å²) in [6.07, 6.45) is 4.39. The van der Waals surface area contributed by atoms with Crippen molar-refractivity contribution < 1.29 is 4.42 Å². The van der Waals surface area contributed by atoms with E-state index in [0.29, 0.717) is 18.1 Å². The molecule has 0 atom stereocenters. The summed E-state index contributed by atoms with van der Waals surface area (Å²) in [4.78, 5) is 22.1. The third-order valence-corrected chi connectivity index (χ3v) is 4.34. The molecule has 0 radical (unpaired) electrons. The normalized spacial score (nSPS) is 14.8. The molecule has 0 bridgehead atoms. The minimum absolute atomic E-state index is 0.0713. The summed E-state index contributed by atoms with van der Waals surface area (Å²) < 4.78 is 7.43. The van der Waals surface area contributed by atoms with Gasteiger partial charge in [-0.05, 0) is 24.3 Å². The molecule has 3 aromatic heterocycles. The Morgan fingerprint density at radius 2 is 2.26 bits per heavy atom. The van der Waals surface area contributed by atoms with Gasteiger partial charge in [0, 0.05) is 45.0 Å². The quantitative estimate of drug-likeness (QED) is 0.802. The number of furan rings is 1. The van der Waals surface area contributed by atoms with Gasteiger partial charge in [-0.2, -0.15) is 0 Å². The summed E-state index contributed by atoms with van der Waals surface area (Å²) >= 11 is 0. The summed E-state index contributed by atoms with van der Waals surface area (Å²) in [7, 11) is 2.04. The van der Waals surface area contributed by atoms with Crippen LogP contribution in [0.4, 0.5) is 0 Å². The van der Waals surface area contributed by atoms with Crippen LogP contribution >= 0.6 is 0 Å². The second-order valence-corrected chi connectivity index (χ2v) is 5.89. The summed E-state index contributed by atoms with van der Waals surface area (Å²) in [6, 6.07) is 7.74. The Labute approximate surface area is 133 Å². The average Bonchev–Trinajstić information content (AvgIpc) is 3.20. The fourth-order valence-corrected chi connectivity index (χ4v) is 3.04. The van der Waals surface area contributed by atoms with Gasteiger partial charge in [-0.15, -0.1) is 0 Å². The van der Waals surface area contributed by atoms with E-state index in [-0.39, 0.29) is 5.56 Å². The van der Waals surface area contributed by atoms with Crippen LogP contribution in [0.2, 0.25) is 0 Å². The fraction of sp³-hybridized carbons (Fsp3) is 0.294. The fourth-order valence-electron chi connectivity index (χ4n) is 3.04. The van der Waals surface area contributed by atoms with Crippen LogP contribution in [0.15, 0.2) is 45.9 Å². The van der Waals surface area contributed by atoms with Gasteiger partial charge in [0.15, 0.2) is 11.6 Å². The molecule has 6 heteroatoms. The molecule has 1 N–H and O–H groups in total. The second-order valence-electron chi connectivity index (χ2n) is 5.89. The molecule has 23 heavy (non-hydrogen) atoms. The topological polar surface area (TPSA) is 67.1 Å². The van der Waals surface area contributed by atoms with E-state index in [1.807, 2.05) is 19.3 Å². The zero-order valence-electron chi connectivity index (χ0n) is 13.0. The zero-order chi connectivity index (χ0) is 15.8. The number of aryl methyl sites for hydroxylation is 1. The van der Waals surface area contributed by atoms with Crippen molar-refractivity contribution in [1.29, 1.82) is 0 Å². The first kappa shape index (κ1) is 14.0. The lowest BCUT2D eigenvalue weighted by Gasteiger charge is -2.27. The number of hydrogen-bond acceptors (Lipinski definition) is 4. The van der Waals surface area contributed by atoms with Crippen LogP contribution in [-0.2, 0) is 26.6 Å². The van der Waals surface area contributed by atoms with Gasteiger partial charge in [0.05, 0.1) is 17.5 Å². The number of rotatable bonds is 3. The standard InChI is InChI=1S/C17H18N4O2/c1-20-7-2-4-12(20)10-21-8-6-14-13(11-21)17(22)19-16(18-14)15-5-3-9-23-15/h2-5,7,9H,6,8,10-11H2,1H3,(H,18,19,22). The van der Waals surface area contributed by atoms with E-state index in [4.69, 9.17) is 4.42 Å². The van der Waals surface area contributed by atoms with Crippen molar-refractivity contribution in [1.82, 2.24) is 19.4 Å². The van der Waals surface area contributed by atoms with Gasteiger partial charge in [-0.25, -0.2) is 4.98 Å². The molecule has 0 aromatic carbocycles. The minimum atomic E-state index is -0.0713. The first-order valence-electron chi connectivity index (χ1n) is 7.69. The van der Waals surface area contributed by atoms with Gasteiger partial charge >= 0.3 is 0 Å². The van der Waals surface area contributed by atoms with Crippen LogP contribution in [0.25, 0.3) is 11.6 Å². The summed E-state index contributed by atoms with van der Waals surface area (Å²) in [5.41, 5.74) is 2.81. The van der Waals surface area contributed by atoms with Crippen LogP contribution in [0.5, 0.6) is 0 Å². The number of nitrogens with one attached hydrogen (secondary N) is 1. The Morgan fingerprint density at radius 1 is 1.35 bits per heavy atom. The minimum Gasteiger partial charge on any atom is -0.461 e. The predicted molar refractivity (Wildman–Crippen MR) is 85.8 cm³/mol. The van der Waals surface area contributed by atoms with Crippen LogP contribution in [-0.4, -0.2) is 26.0 Å². The Morgan fingerprint density at radius 3 is 3.00 bits per heavy atom. The molecule has 118 valence electrons. The van der Waals surface area contributed by atoms with E-state index in [0.717, 1.165) is 30.8 Å². The average molecular weight is 310 g/mol. The van der Waals surface area contributed by atoms with Crippen molar-refractivity contribution in [3.05, 3.63) is 64.0 Å². The maximum Gasteiger partial charge on any atom is 0.256 e. The smallest absolute Gasteiger partial charge is 0.256 e. The second kappa shape index (κ2) is 5.55. The van der Waals surface area contributed by atoms with Gasteiger partial charge in [0.2, 0.25) is 0 Å². The summed E-state index contributed by atoms with van der Waals surface area (Å²) in [6.45, 7) is 2.36. The van der Waals surface area contributed by atoms with E-state index in [2.05, 4.69) is 25.5 Å². The highest BCUT2D eigenvalue weighted by Gasteiger charge is 2.22. The van der Waals surface area contributed by atoms with E-state index in [1.54, 1.807) is 18.4 Å². The Balaban J connectivity index is 1.60. The Hall–Kier alpha value is -2.60. The molecule has 0 fully saturated rings. The molecule has 3 aromatic rings. The van der Waals surface area contributed by atoms with Gasteiger partial charge in [-0.3, -0.25) is 9.69 Å². The van der Waals surface area contributed by atoms with Gasteiger partial charge in [-0.1, -0.05) is 0 Å². The van der Waals surface area contributed by atoms with Crippen LogP contribution in [0.3, 0.4) is 0 Å². The summed E-state index contributed by atoms with van der Waals surface area (Å²) in [5.74, 6) is 1.10. The van der Waals surface area contributed by atoms with Crippen molar-refractivity contribution in [3.63, 3.8) is 0 Å². The lowest BCUT2D eigenvalue weighted by molar-refractivity contribution is 0.236. The number of fused-ring (bicyclic) bond motifs is 1. The van der Waals surface area contributed by atoms with Crippen molar-refractivity contribution in [2.45, 2.75) is 19.5 Å². The van der Waals surface area contributed by atoms with Crippen molar-refractivity contribution in [3.8, 4) is 11.6 Å². The van der Waals surface area contributed by atoms with Gasteiger partial charge < -0.3 is 14.0 Å². The van der Waals surface area contributed by atoms with Crippen LogP contribution in [0, 0.1) is 0 Å². The number of hydrogen-bond donors (Lipinski definition) is 1. The maximum absolute atomic E-state index is 12.4. The molecule has 0 saturated heterocycles. The highest BCUT2D eigenvalue weighted by Crippen LogP contribution is 2.20. The maximum atomic E-state index is 12.4. The number of aromatic nitrogens is 3. The van der Waals surface area contributed by atoms with Gasteiger partial charge in [0.25, 0.3) is 5.56 Å². The Kier molecular flexibility index (Phi) is 3.38. The molecule has 4 rings (SSSR count). The monoisotopic (exact) mass is 310 g/mol. The number of aromatic amines is 1. The first-order chi connectivity index (χ1) is 11.2. The van der Waals surface area contributed by atoms with Crippen LogP contribution in [0.1, 0.15) is 17.0 Å². The van der Waals surface area contributed by atoms with Crippen molar-refractivity contribution in [2.24, 2.45) is 7.05 Å². The number of nitrogens with zero attached hydrogens (tertiary/aromatic N) is 3. The third kappa shape index (κ3) is 2.61. The molecule has 0 spiro atoms. The molecule has 0 amide bonds. The Bertz CT molecular complexity index is 876. The molecule has 1 aliphatic heterocycles. The molecule has 6 nitrogen and oxygen atoms in total. The van der Waals surface area contributed by atoms with E-state index < -0.39 is 0 Å². The first-order valence-corrected chi connectivity index (χ1v) is 7.69. The molecule has 0 aliphatic carbocycles.